The van der Waals surface area contributed by atoms with Crippen molar-refractivity contribution in [3.8, 4) is 5.75 Å². The molecule has 2 heterocycles. The quantitative estimate of drug-likeness (QED) is 0.421. The summed E-state index contributed by atoms with van der Waals surface area (Å²) in [4.78, 5) is 20.6. The number of rotatable bonds is 11. The molecule has 0 bridgehead atoms. The van der Waals surface area contributed by atoms with Gasteiger partial charge < -0.3 is 24.6 Å². The highest BCUT2D eigenvalue weighted by molar-refractivity contribution is 9.10. The summed E-state index contributed by atoms with van der Waals surface area (Å²) in [5.41, 5.74) is 0.729. The summed E-state index contributed by atoms with van der Waals surface area (Å²) in [6.07, 6.45) is 0.999. The van der Waals surface area contributed by atoms with Gasteiger partial charge in [-0.3, -0.25) is 9.69 Å². The summed E-state index contributed by atoms with van der Waals surface area (Å²) in [7, 11) is 0. The zero-order valence-electron chi connectivity index (χ0n) is 19.7. The summed E-state index contributed by atoms with van der Waals surface area (Å²) in [5, 5.41) is 12.0. The number of amides is 1. The molecule has 2 aromatic rings. The molecular formula is C26H32BrN3O5. The van der Waals surface area contributed by atoms with Crippen LogP contribution in [0.25, 0.3) is 0 Å². The topological polar surface area (TPSA) is 92.6 Å². The number of carbonyl (C=O) groups is 1. The van der Waals surface area contributed by atoms with Crippen molar-refractivity contribution in [3.05, 3.63) is 64.1 Å². The minimum atomic E-state index is -1.06. The average molecular weight is 546 g/mol. The van der Waals surface area contributed by atoms with Gasteiger partial charge in [-0.1, -0.05) is 34.1 Å². The SMILES string of the molecule is O=C(NCCN1CCOCC1)[C@@]1(Cc2ccccc2Br)COC(c2ccc(OCCCO)cc2)=N1. The number of morpholine rings is 1. The van der Waals surface area contributed by atoms with Gasteiger partial charge in [0.05, 0.1) is 19.8 Å². The van der Waals surface area contributed by atoms with Gasteiger partial charge in [-0.2, -0.15) is 0 Å². The molecule has 8 nitrogen and oxygen atoms in total. The lowest BCUT2D eigenvalue weighted by atomic mass is 9.91. The standard InChI is InChI=1S/C26H32BrN3O5/c27-23-5-2-1-4-21(23)18-26(25(32)28-10-11-30-12-16-33-17-13-30)19-35-24(29-26)20-6-8-22(9-7-20)34-15-3-14-31/h1-2,4-9,31H,3,10-19H2,(H,28,32)/t26-/m1/s1. The Labute approximate surface area is 214 Å². The van der Waals surface area contributed by atoms with E-state index in [9.17, 15) is 4.79 Å². The van der Waals surface area contributed by atoms with Gasteiger partial charge in [0, 0.05) is 55.7 Å². The maximum absolute atomic E-state index is 13.5. The fourth-order valence-electron chi connectivity index (χ4n) is 4.10. The van der Waals surface area contributed by atoms with Gasteiger partial charge in [0.1, 0.15) is 12.4 Å². The number of aliphatic hydroxyl groups is 1. The second-order valence-electron chi connectivity index (χ2n) is 8.67. The first-order valence-corrected chi connectivity index (χ1v) is 12.8. The van der Waals surface area contributed by atoms with E-state index in [0.29, 0.717) is 37.6 Å². The van der Waals surface area contributed by atoms with Crippen LogP contribution in [-0.4, -0.2) is 86.6 Å². The third-order valence-corrected chi connectivity index (χ3v) is 6.89. The van der Waals surface area contributed by atoms with Crippen LogP contribution in [0, 0.1) is 0 Å². The van der Waals surface area contributed by atoms with E-state index in [1.54, 1.807) is 0 Å². The van der Waals surface area contributed by atoms with E-state index in [2.05, 4.69) is 26.1 Å². The van der Waals surface area contributed by atoms with Crippen LogP contribution in [0.15, 0.2) is 58.0 Å². The smallest absolute Gasteiger partial charge is 0.252 e. The Kier molecular flexibility index (Phi) is 9.14. The molecule has 4 rings (SSSR count). The van der Waals surface area contributed by atoms with E-state index in [-0.39, 0.29) is 19.1 Å². The normalized spacial score (nSPS) is 20.2. The molecule has 2 aromatic carbocycles. The Morgan fingerprint density at radius 3 is 2.69 bits per heavy atom. The molecule has 2 aliphatic rings. The molecule has 2 aliphatic heterocycles. The van der Waals surface area contributed by atoms with Gasteiger partial charge in [-0.15, -0.1) is 0 Å². The summed E-state index contributed by atoms with van der Waals surface area (Å²) in [6, 6.07) is 15.3. The Morgan fingerprint density at radius 2 is 1.94 bits per heavy atom. The van der Waals surface area contributed by atoms with Crippen LogP contribution in [0.1, 0.15) is 17.5 Å². The molecule has 188 valence electrons. The molecule has 0 aromatic heterocycles. The number of hydrogen-bond acceptors (Lipinski definition) is 7. The van der Waals surface area contributed by atoms with Crippen molar-refractivity contribution < 1.29 is 24.1 Å². The highest BCUT2D eigenvalue weighted by atomic mass is 79.9. The molecule has 1 saturated heterocycles. The minimum absolute atomic E-state index is 0.0941. The highest BCUT2D eigenvalue weighted by Crippen LogP contribution is 2.30. The van der Waals surface area contributed by atoms with Crippen LogP contribution in [-0.2, 0) is 20.7 Å². The van der Waals surface area contributed by atoms with E-state index >= 15 is 0 Å². The number of ether oxygens (including phenoxy) is 3. The number of carbonyl (C=O) groups excluding carboxylic acids is 1. The Balaban J connectivity index is 1.49. The fraction of sp³-hybridized carbons (Fsp3) is 0.462. The van der Waals surface area contributed by atoms with Gasteiger partial charge in [0.25, 0.3) is 5.91 Å². The number of aliphatic hydroxyl groups excluding tert-OH is 1. The maximum atomic E-state index is 13.5. The predicted molar refractivity (Wildman–Crippen MR) is 137 cm³/mol. The number of nitrogens with one attached hydrogen (secondary N) is 1. The third kappa shape index (κ3) is 6.82. The molecule has 0 radical (unpaired) electrons. The molecule has 9 heteroatoms. The molecule has 0 aliphatic carbocycles. The summed E-state index contributed by atoms with van der Waals surface area (Å²) < 4.78 is 17.9. The van der Waals surface area contributed by atoms with E-state index in [1.165, 1.54) is 0 Å². The van der Waals surface area contributed by atoms with Crippen LogP contribution in [0.5, 0.6) is 5.75 Å². The Hall–Kier alpha value is -2.46. The second-order valence-corrected chi connectivity index (χ2v) is 9.52. The van der Waals surface area contributed by atoms with Crippen LogP contribution in [0.2, 0.25) is 0 Å². The van der Waals surface area contributed by atoms with Gasteiger partial charge >= 0.3 is 0 Å². The number of hydrogen-bond donors (Lipinski definition) is 2. The zero-order valence-corrected chi connectivity index (χ0v) is 21.3. The monoisotopic (exact) mass is 545 g/mol. The lowest BCUT2D eigenvalue weighted by molar-refractivity contribution is -0.126. The first kappa shape index (κ1) is 25.6. The molecule has 1 fully saturated rings. The molecule has 0 unspecified atom stereocenters. The molecule has 2 N–H and O–H groups in total. The minimum Gasteiger partial charge on any atom is -0.494 e. The number of benzene rings is 2. The number of halogens is 1. The van der Waals surface area contributed by atoms with Gasteiger partial charge in [-0.25, -0.2) is 4.99 Å². The first-order valence-electron chi connectivity index (χ1n) is 12.0. The largest absolute Gasteiger partial charge is 0.494 e. The third-order valence-electron chi connectivity index (χ3n) is 6.12. The van der Waals surface area contributed by atoms with Crippen molar-refractivity contribution in [3.63, 3.8) is 0 Å². The van der Waals surface area contributed by atoms with E-state index in [1.807, 2.05) is 48.5 Å². The van der Waals surface area contributed by atoms with E-state index in [0.717, 1.165) is 48.4 Å². The lowest BCUT2D eigenvalue weighted by Gasteiger charge is -2.28. The van der Waals surface area contributed by atoms with Crippen molar-refractivity contribution >= 4 is 27.7 Å². The Morgan fingerprint density at radius 1 is 1.17 bits per heavy atom. The molecule has 1 amide bonds. The molecule has 1 atom stereocenters. The second kappa shape index (κ2) is 12.5. The van der Waals surface area contributed by atoms with Gasteiger partial charge in [-0.05, 0) is 35.9 Å². The molecule has 0 saturated carbocycles. The van der Waals surface area contributed by atoms with Crippen LogP contribution in [0.3, 0.4) is 0 Å². The van der Waals surface area contributed by atoms with Crippen LogP contribution < -0.4 is 10.1 Å². The van der Waals surface area contributed by atoms with Crippen LogP contribution >= 0.6 is 15.9 Å². The van der Waals surface area contributed by atoms with E-state index in [4.69, 9.17) is 24.3 Å². The predicted octanol–water partition coefficient (Wildman–Crippen LogP) is 2.42. The fourth-order valence-corrected chi connectivity index (χ4v) is 4.53. The van der Waals surface area contributed by atoms with Crippen molar-refractivity contribution in [1.29, 1.82) is 0 Å². The van der Waals surface area contributed by atoms with Crippen LogP contribution in [0.4, 0.5) is 0 Å². The molecule has 35 heavy (non-hydrogen) atoms. The average Bonchev–Trinajstić information content (AvgIpc) is 3.32. The van der Waals surface area contributed by atoms with Gasteiger partial charge in [0.2, 0.25) is 5.90 Å². The number of nitrogens with zero attached hydrogens (tertiary/aromatic N) is 2. The first-order chi connectivity index (χ1) is 17.1. The van der Waals surface area contributed by atoms with Crippen molar-refractivity contribution in [2.24, 2.45) is 4.99 Å². The van der Waals surface area contributed by atoms with Gasteiger partial charge in [0.15, 0.2) is 5.54 Å². The molecule has 0 spiro atoms. The lowest BCUT2D eigenvalue weighted by Crippen LogP contribution is -2.50. The highest BCUT2D eigenvalue weighted by Gasteiger charge is 2.44. The zero-order chi connectivity index (χ0) is 24.5. The van der Waals surface area contributed by atoms with Crippen molar-refractivity contribution in [1.82, 2.24) is 10.2 Å². The maximum Gasteiger partial charge on any atom is 0.252 e. The van der Waals surface area contributed by atoms with Crippen molar-refractivity contribution in [2.45, 2.75) is 18.4 Å². The van der Waals surface area contributed by atoms with Crippen molar-refractivity contribution in [2.75, 3.05) is 59.2 Å². The summed E-state index contributed by atoms with van der Waals surface area (Å²) in [6.45, 7) is 5.24. The summed E-state index contributed by atoms with van der Waals surface area (Å²) >= 11 is 3.61. The number of aliphatic imine (C=N–C) groups is 1. The summed E-state index contributed by atoms with van der Waals surface area (Å²) in [5.74, 6) is 1.02. The Bertz CT molecular complexity index is 1010. The molecular weight excluding hydrogens is 514 g/mol. The van der Waals surface area contributed by atoms with E-state index < -0.39 is 5.54 Å².